The molecule has 162 valence electrons. The molecular weight excluding hydrogens is 420 g/mol. The van der Waals surface area contributed by atoms with Crippen LogP contribution >= 0.6 is 11.6 Å². The maximum Gasteiger partial charge on any atom is 0.253 e. The first-order valence-corrected chi connectivity index (χ1v) is 11.3. The van der Waals surface area contributed by atoms with Crippen molar-refractivity contribution < 1.29 is 4.79 Å². The van der Waals surface area contributed by atoms with E-state index in [0.29, 0.717) is 5.02 Å². The number of amides is 1. The Labute approximate surface area is 192 Å². The van der Waals surface area contributed by atoms with Crippen LogP contribution in [0.1, 0.15) is 16.2 Å². The summed E-state index contributed by atoms with van der Waals surface area (Å²) in [5, 5.41) is 0.711. The molecule has 2 heterocycles. The third-order valence-electron chi connectivity index (χ3n) is 6.06. The molecule has 0 radical (unpaired) electrons. The minimum atomic E-state index is 0.110. The van der Waals surface area contributed by atoms with Crippen LogP contribution < -0.4 is 0 Å². The zero-order chi connectivity index (χ0) is 21.9. The zero-order valence-corrected chi connectivity index (χ0v) is 18.6. The van der Waals surface area contributed by atoms with Gasteiger partial charge in [-0.25, -0.2) is 4.98 Å². The summed E-state index contributed by atoms with van der Waals surface area (Å²) < 4.78 is 0. The lowest BCUT2D eigenvalue weighted by Gasteiger charge is -2.34. The molecule has 0 saturated carbocycles. The summed E-state index contributed by atoms with van der Waals surface area (Å²) in [5.74, 6) is 1.08. The monoisotopic (exact) mass is 444 g/mol. The summed E-state index contributed by atoms with van der Waals surface area (Å²) in [6.07, 6.45) is 0.848. The number of rotatable bonds is 5. The lowest BCUT2D eigenvalue weighted by molar-refractivity contribution is 0.0638. The summed E-state index contributed by atoms with van der Waals surface area (Å²) in [7, 11) is 0. The second-order valence-corrected chi connectivity index (χ2v) is 8.61. The number of hydrogen-bond donors (Lipinski definition) is 1. The van der Waals surface area contributed by atoms with Gasteiger partial charge in [0.1, 0.15) is 5.82 Å². The normalized spacial score (nSPS) is 14.7. The van der Waals surface area contributed by atoms with E-state index in [0.717, 1.165) is 72.7 Å². The highest BCUT2D eigenvalue weighted by Gasteiger charge is 2.22. The maximum absolute atomic E-state index is 12.9. The number of nitrogens with zero attached hydrogens (tertiary/aromatic N) is 3. The molecule has 5 nitrogen and oxygen atoms in total. The molecule has 5 rings (SSSR count). The van der Waals surface area contributed by atoms with E-state index in [4.69, 9.17) is 11.6 Å². The van der Waals surface area contributed by atoms with Crippen LogP contribution in [0.25, 0.3) is 22.2 Å². The minimum absolute atomic E-state index is 0.110. The van der Waals surface area contributed by atoms with E-state index in [2.05, 4.69) is 27.0 Å². The Balaban J connectivity index is 1.14. The summed E-state index contributed by atoms with van der Waals surface area (Å²) in [4.78, 5) is 25.3. The van der Waals surface area contributed by atoms with E-state index >= 15 is 0 Å². The number of carbonyl (C=O) groups excluding carboxylic acids is 1. The number of carbonyl (C=O) groups is 1. The van der Waals surface area contributed by atoms with E-state index in [1.54, 1.807) is 0 Å². The predicted molar refractivity (Wildman–Crippen MR) is 129 cm³/mol. The topological polar surface area (TPSA) is 52.2 Å². The molecule has 0 unspecified atom stereocenters. The fraction of sp³-hybridized carbons (Fsp3) is 0.231. The highest BCUT2D eigenvalue weighted by molar-refractivity contribution is 6.31. The average Bonchev–Trinajstić information content (AvgIpc) is 3.25. The number of benzene rings is 3. The minimum Gasteiger partial charge on any atom is -0.342 e. The van der Waals surface area contributed by atoms with Gasteiger partial charge in [0.2, 0.25) is 0 Å². The van der Waals surface area contributed by atoms with Crippen molar-refractivity contribution >= 4 is 28.5 Å². The molecule has 0 aliphatic carbocycles. The van der Waals surface area contributed by atoms with Crippen molar-refractivity contribution in [3.05, 3.63) is 89.2 Å². The standard InChI is InChI=1S/C26H25ClN4O/c27-22-10-11-23-24(18-22)29-25(28-23)12-13-30-14-16-31(17-15-30)26(32)21-8-6-20(7-9-21)19-4-2-1-3-5-19/h1-11,18H,12-17H2,(H,28,29). The van der Waals surface area contributed by atoms with E-state index in [9.17, 15) is 4.79 Å². The van der Waals surface area contributed by atoms with Crippen molar-refractivity contribution in [2.75, 3.05) is 32.7 Å². The predicted octanol–water partition coefficient (Wildman–Crippen LogP) is 4.88. The van der Waals surface area contributed by atoms with Gasteiger partial charge >= 0.3 is 0 Å². The fourth-order valence-corrected chi connectivity index (χ4v) is 4.38. The molecule has 1 fully saturated rings. The van der Waals surface area contributed by atoms with E-state index in [1.807, 2.05) is 65.6 Å². The molecule has 0 atom stereocenters. The maximum atomic E-state index is 12.9. The van der Waals surface area contributed by atoms with E-state index < -0.39 is 0 Å². The molecule has 0 spiro atoms. The van der Waals surface area contributed by atoms with Crippen LogP contribution in [0.15, 0.2) is 72.8 Å². The van der Waals surface area contributed by atoms with Crippen LogP contribution in [-0.4, -0.2) is 58.4 Å². The van der Waals surface area contributed by atoms with Gasteiger partial charge in [0.25, 0.3) is 5.91 Å². The van der Waals surface area contributed by atoms with E-state index in [-0.39, 0.29) is 5.91 Å². The first kappa shape index (κ1) is 20.7. The van der Waals surface area contributed by atoms with E-state index in [1.165, 1.54) is 0 Å². The van der Waals surface area contributed by atoms with Gasteiger partial charge in [0.15, 0.2) is 0 Å². The number of halogens is 1. The quantitative estimate of drug-likeness (QED) is 0.477. The number of aromatic nitrogens is 2. The lowest BCUT2D eigenvalue weighted by atomic mass is 10.0. The highest BCUT2D eigenvalue weighted by Crippen LogP contribution is 2.20. The first-order chi connectivity index (χ1) is 15.7. The van der Waals surface area contributed by atoms with Crippen molar-refractivity contribution in [3.63, 3.8) is 0 Å². The summed E-state index contributed by atoms with van der Waals surface area (Å²) in [6.45, 7) is 4.16. The smallest absolute Gasteiger partial charge is 0.253 e. The van der Waals surface area contributed by atoms with Crippen LogP contribution in [0.3, 0.4) is 0 Å². The number of nitrogens with one attached hydrogen (secondary N) is 1. The van der Waals surface area contributed by atoms with Gasteiger partial charge in [-0.05, 0) is 41.5 Å². The SMILES string of the molecule is O=C(c1ccc(-c2ccccc2)cc1)N1CCN(CCc2nc3ccc(Cl)cc3[nH]2)CC1. The van der Waals surface area contributed by atoms with Gasteiger partial charge in [-0.3, -0.25) is 9.69 Å². The molecule has 6 heteroatoms. The lowest BCUT2D eigenvalue weighted by Crippen LogP contribution is -2.49. The first-order valence-electron chi connectivity index (χ1n) is 11.0. The second kappa shape index (κ2) is 9.15. The van der Waals surface area contributed by atoms with Crippen LogP contribution in [0.4, 0.5) is 0 Å². The van der Waals surface area contributed by atoms with Crippen LogP contribution in [-0.2, 0) is 6.42 Å². The van der Waals surface area contributed by atoms with Crippen molar-refractivity contribution in [2.24, 2.45) is 0 Å². The van der Waals surface area contributed by atoms with Gasteiger partial charge in [-0.1, -0.05) is 54.1 Å². The molecule has 1 aliphatic rings. The third kappa shape index (κ3) is 4.54. The molecule has 4 aromatic rings. The average molecular weight is 445 g/mol. The van der Waals surface area contributed by atoms with Crippen molar-refractivity contribution in [1.29, 1.82) is 0 Å². The van der Waals surface area contributed by atoms with Gasteiger partial charge < -0.3 is 9.88 Å². The second-order valence-electron chi connectivity index (χ2n) is 8.17. The van der Waals surface area contributed by atoms with Crippen LogP contribution in [0.5, 0.6) is 0 Å². The van der Waals surface area contributed by atoms with Gasteiger partial charge in [0, 0.05) is 49.7 Å². The Kier molecular flexibility index (Phi) is 5.93. The summed E-state index contributed by atoms with van der Waals surface area (Å²) in [5.41, 5.74) is 4.95. The van der Waals surface area contributed by atoms with Crippen LogP contribution in [0, 0.1) is 0 Å². The Morgan fingerprint density at radius 1 is 0.906 bits per heavy atom. The zero-order valence-electron chi connectivity index (χ0n) is 17.8. The molecule has 32 heavy (non-hydrogen) atoms. The number of H-pyrrole nitrogens is 1. The van der Waals surface area contributed by atoms with Crippen molar-refractivity contribution in [2.45, 2.75) is 6.42 Å². The molecule has 1 aliphatic heterocycles. The number of imidazole rings is 1. The number of hydrogen-bond acceptors (Lipinski definition) is 3. The third-order valence-corrected chi connectivity index (χ3v) is 6.29. The largest absolute Gasteiger partial charge is 0.342 e. The number of piperazine rings is 1. The summed E-state index contributed by atoms with van der Waals surface area (Å²) >= 11 is 6.06. The van der Waals surface area contributed by atoms with Gasteiger partial charge in [-0.2, -0.15) is 0 Å². The van der Waals surface area contributed by atoms with Gasteiger partial charge in [-0.15, -0.1) is 0 Å². The molecule has 0 bridgehead atoms. The van der Waals surface area contributed by atoms with Crippen molar-refractivity contribution in [1.82, 2.24) is 19.8 Å². The van der Waals surface area contributed by atoms with Crippen molar-refractivity contribution in [3.8, 4) is 11.1 Å². The number of aromatic amines is 1. The fourth-order valence-electron chi connectivity index (χ4n) is 4.21. The molecule has 1 amide bonds. The Hall–Kier alpha value is -3.15. The Morgan fingerprint density at radius 2 is 1.62 bits per heavy atom. The molecule has 3 aromatic carbocycles. The van der Waals surface area contributed by atoms with Gasteiger partial charge in [0.05, 0.1) is 11.0 Å². The molecular formula is C26H25ClN4O. The molecule has 1 saturated heterocycles. The Morgan fingerprint density at radius 3 is 2.38 bits per heavy atom. The highest BCUT2D eigenvalue weighted by atomic mass is 35.5. The number of fused-ring (bicyclic) bond motifs is 1. The molecule has 1 N–H and O–H groups in total. The summed E-state index contributed by atoms with van der Waals surface area (Å²) in [6, 6.07) is 23.9. The Bertz CT molecular complexity index is 1210. The van der Waals surface area contributed by atoms with Crippen LogP contribution in [0.2, 0.25) is 5.02 Å². The molecule has 1 aromatic heterocycles.